The Morgan fingerprint density at radius 1 is 0.391 bits per heavy atom. The first-order valence-corrected chi connectivity index (χ1v) is 47.5. The minimum atomic E-state index is 0.542. The molecule has 1 aliphatic heterocycles. The van der Waals surface area contributed by atoms with Gasteiger partial charge in [0.25, 0.3) is 0 Å². The van der Waals surface area contributed by atoms with Crippen molar-refractivity contribution in [2.24, 2.45) is 5.41 Å². The molecule has 19 nitrogen and oxygen atoms in total. The second kappa shape index (κ2) is 81.6. The molecule has 11 N–H and O–H groups in total. The molecule has 0 amide bonds. The van der Waals surface area contributed by atoms with Crippen molar-refractivity contribution in [1.29, 1.82) is 0 Å². The molecule has 0 atom stereocenters. The molecule has 1 heterocycles. The first-order chi connectivity index (χ1) is 63.8. The SMILES string of the molecule is C=CCCCC.CCC(C)(C)C.CCc1ccc(CNC)cc1.CN1CCCOCC1.CNCc1ccc(N(C)C)cc1.CNCc1ccc(NC)cc1.CNCc1cccc(N(C)C)c1.CNCc1cccc(NC)c1.CNCc1ccccc1N(C)C.CNCc1ccccc1NC.CNCc1ccccc1OC.Cc1cccc(CN(C)C)c1.Cc1ccccc1CN(C)C. The highest BCUT2D eigenvalue weighted by Gasteiger charge is 2.07. The van der Waals surface area contributed by atoms with Gasteiger partial charge in [-0.15, -0.1) is 6.58 Å². The van der Waals surface area contributed by atoms with Gasteiger partial charge >= 0.3 is 0 Å². The lowest BCUT2D eigenvalue weighted by atomic mass is 9.94. The molecule has 0 aromatic heterocycles. The minimum Gasteiger partial charge on any atom is -0.496 e. The molecular weight excluding hydrogens is 1640 g/mol. The fourth-order valence-electron chi connectivity index (χ4n) is 12.4. The average Bonchev–Trinajstić information content (AvgIpc) is 0.955. The largest absolute Gasteiger partial charge is 0.496 e. The number of allylic oxidation sites excluding steroid dienone is 1. The standard InChI is InChI=1S/3C10H16N2.3C10H15N.3C9H14N2.C9H13NO.C6H13NO.C6H14.C6H12/c1-11-8-9-4-6-10(7-5-9)12(2)3;1-11-8-9-5-4-6-10(7-9)12(2)3;1-11-8-9-6-4-5-7-10(9)12(2)3;1-9-5-4-6-10(7-9)8-11(2)3;1-9-6-4-5-7-10(9)8-11(2)3;1-3-9-4-6-10(7-5-9)8-11-2;1-10-7-8-3-5-9(11-2)6-4-8;1-10-7-8-4-3-5-9(6-8)11-2;2*1-10-7-8-5-3-4-6-9(8)11-2;1-7-3-2-5-8-6-4-7;1-5-6(2,3)4;1-3-5-6-4-2/h3*4-7,11H,8H2,1-3H3;2*4-7H,8H2,1-3H3;4-7,11H,3,8H2,1-2H3;3*3-6,10-11H,7H2,1-2H3;3-6,10H,7H2,1-2H3;2-6H2,1H3;5H2,1-4H3;3H,1,4-6H2,2H3. The first-order valence-electron chi connectivity index (χ1n) is 47.5. The van der Waals surface area contributed by atoms with Gasteiger partial charge in [-0.05, 0) is 258 Å². The van der Waals surface area contributed by atoms with Crippen molar-refractivity contribution in [3.05, 3.63) is 328 Å². The van der Waals surface area contributed by atoms with Crippen LogP contribution in [0.25, 0.3) is 0 Å². The third-order valence-corrected chi connectivity index (χ3v) is 20.3. The van der Waals surface area contributed by atoms with Crippen molar-refractivity contribution in [2.45, 2.75) is 159 Å². The smallest absolute Gasteiger partial charge is 0.123 e. The van der Waals surface area contributed by atoms with E-state index in [0.717, 1.165) is 109 Å². The predicted octanol–water partition coefficient (Wildman–Crippen LogP) is 21.4. The number of nitrogens with zero attached hydrogens (tertiary/aromatic N) is 6. The van der Waals surface area contributed by atoms with Gasteiger partial charge in [0.05, 0.1) is 13.7 Å². The van der Waals surface area contributed by atoms with E-state index in [-0.39, 0.29) is 0 Å². The highest BCUT2D eigenvalue weighted by molar-refractivity contribution is 5.53. The predicted molar refractivity (Wildman–Crippen MR) is 591 cm³/mol. The molecule has 740 valence electrons. The third-order valence-electron chi connectivity index (χ3n) is 20.3. The number of hydrogen-bond acceptors (Lipinski definition) is 19. The van der Waals surface area contributed by atoms with Gasteiger partial charge < -0.3 is 97.4 Å². The van der Waals surface area contributed by atoms with E-state index in [1.54, 1.807) is 7.11 Å². The summed E-state index contributed by atoms with van der Waals surface area (Å²) in [6.45, 7) is 34.8. The van der Waals surface area contributed by atoms with E-state index in [2.05, 4.69) is 426 Å². The van der Waals surface area contributed by atoms with Gasteiger partial charge in [-0.1, -0.05) is 248 Å². The van der Waals surface area contributed by atoms with E-state index in [0.29, 0.717) is 5.41 Å². The zero-order valence-corrected chi connectivity index (χ0v) is 89.0. The summed E-state index contributed by atoms with van der Waals surface area (Å²) in [4.78, 5) is 13.0. The van der Waals surface area contributed by atoms with Gasteiger partial charge in [0.1, 0.15) is 5.75 Å². The molecule has 0 bridgehead atoms. The minimum absolute atomic E-state index is 0.542. The highest BCUT2D eigenvalue weighted by Crippen LogP contribution is 2.21. The zero-order valence-electron chi connectivity index (χ0n) is 89.0. The number of hydrogen-bond donors (Lipinski definition) is 11. The Bertz CT molecular complexity index is 4250. The van der Waals surface area contributed by atoms with Crippen molar-refractivity contribution in [2.75, 3.05) is 219 Å². The summed E-state index contributed by atoms with van der Waals surface area (Å²) in [6, 6.07) is 84.3. The molecule has 10 aromatic carbocycles. The average molecular weight is 1830 g/mol. The number of methoxy groups -OCH3 is 1. The zero-order chi connectivity index (χ0) is 99.8. The molecule has 133 heavy (non-hydrogen) atoms. The van der Waals surface area contributed by atoms with Crippen LogP contribution in [0.3, 0.4) is 0 Å². The normalized spacial score (nSPS) is 10.9. The molecule has 0 saturated carbocycles. The maximum Gasteiger partial charge on any atom is 0.123 e. The lowest BCUT2D eigenvalue weighted by Crippen LogP contribution is -2.20. The Kier molecular flexibility index (Phi) is 76.8. The molecule has 1 aliphatic rings. The summed E-state index contributed by atoms with van der Waals surface area (Å²) in [5, 5.41) is 34.2. The van der Waals surface area contributed by atoms with Crippen LogP contribution in [0.4, 0.5) is 34.1 Å². The van der Waals surface area contributed by atoms with Crippen LogP contribution in [0.2, 0.25) is 0 Å². The number of unbranched alkanes of at least 4 members (excludes halogenated alkanes) is 2. The summed E-state index contributed by atoms with van der Waals surface area (Å²) in [5.74, 6) is 0.946. The quantitative estimate of drug-likeness (QED) is 0.0146. The van der Waals surface area contributed by atoms with Crippen LogP contribution in [-0.4, -0.2) is 203 Å². The van der Waals surface area contributed by atoms with Gasteiger partial charge in [0, 0.05) is 188 Å². The van der Waals surface area contributed by atoms with Gasteiger partial charge in [0.2, 0.25) is 0 Å². The molecule has 19 heteroatoms. The van der Waals surface area contributed by atoms with E-state index >= 15 is 0 Å². The van der Waals surface area contributed by atoms with Crippen molar-refractivity contribution in [3.8, 4) is 5.75 Å². The van der Waals surface area contributed by atoms with Crippen molar-refractivity contribution < 1.29 is 9.47 Å². The molecule has 0 spiro atoms. The Morgan fingerprint density at radius 2 is 0.827 bits per heavy atom. The van der Waals surface area contributed by atoms with E-state index in [4.69, 9.17) is 9.47 Å². The molecule has 0 unspecified atom stereocenters. The number of ether oxygens (including phenoxy) is 2. The van der Waals surface area contributed by atoms with Crippen LogP contribution in [0.15, 0.2) is 255 Å². The Balaban J connectivity index is 0. The van der Waals surface area contributed by atoms with Gasteiger partial charge in [-0.2, -0.15) is 0 Å². The van der Waals surface area contributed by atoms with Gasteiger partial charge in [-0.3, -0.25) is 0 Å². The van der Waals surface area contributed by atoms with Crippen molar-refractivity contribution in [1.82, 2.24) is 57.2 Å². The van der Waals surface area contributed by atoms with Crippen LogP contribution < -0.4 is 77.9 Å². The van der Waals surface area contributed by atoms with E-state index in [1.165, 1.54) is 134 Å². The summed E-state index contributed by atoms with van der Waals surface area (Å²) < 4.78 is 10.4. The van der Waals surface area contributed by atoms with E-state index in [1.807, 2.05) is 128 Å². The van der Waals surface area contributed by atoms with Crippen LogP contribution >= 0.6 is 0 Å². The summed E-state index contributed by atoms with van der Waals surface area (Å²) in [6.07, 6.45) is 9.30. The maximum atomic E-state index is 5.22. The van der Waals surface area contributed by atoms with Crippen LogP contribution in [0.1, 0.15) is 146 Å². The Labute approximate surface area is 813 Å². The second-order valence-corrected chi connectivity index (χ2v) is 34.7. The third kappa shape index (κ3) is 66.2. The number of anilines is 6. The molecule has 11 rings (SSSR count). The number of aryl methyl sites for hydroxylation is 3. The second-order valence-electron chi connectivity index (χ2n) is 34.7. The Hall–Kier alpha value is -9.94. The molecule has 10 aromatic rings. The fourth-order valence-corrected chi connectivity index (χ4v) is 12.4. The van der Waals surface area contributed by atoms with E-state index < -0.39 is 0 Å². The molecule has 1 fully saturated rings. The summed E-state index contributed by atoms with van der Waals surface area (Å²) in [5.41, 5.74) is 25.2. The number of para-hydroxylation sites is 3. The molecular formula is C114H187N17O2. The summed E-state index contributed by atoms with van der Waals surface area (Å²) >= 11 is 0. The number of rotatable bonds is 31. The molecule has 0 aliphatic carbocycles. The van der Waals surface area contributed by atoms with Crippen LogP contribution in [0.5, 0.6) is 5.75 Å². The fraction of sp³-hybridized carbons (Fsp3) is 0.456. The number of nitrogens with one attached hydrogen (secondary N) is 11. The van der Waals surface area contributed by atoms with Gasteiger partial charge in [0.15, 0.2) is 0 Å². The van der Waals surface area contributed by atoms with Crippen LogP contribution in [-0.2, 0) is 76.6 Å². The first kappa shape index (κ1) is 125. The van der Waals surface area contributed by atoms with Crippen molar-refractivity contribution >= 4 is 34.1 Å². The lowest BCUT2D eigenvalue weighted by Gasteiger charge is -2.16. The maximum absolute atomic E-state index is 5.22. The topological polar surface area (TPSA) is 170 Å². The monoisotopic (exact) mass is 1830 g/mol. The Morgan fingerprint density at radius 3 is 1.29 bits per heavy atom. The van der Waals surface area contributed by atoms with E-state index in [9.17, 15) is 0 Å². The summed E-state index contributed by atoms with van der Waals surface area (Å²) in [7, 11) is 45.9. The van der Waals surface area contributed by atoms with Crippen LogP contribution in [0, 0.1) is 19.3 Å². The lowest BCUT2D eigenvalue weighted by molar-refractivity contribution is 0.144. The number of benzene rings is 10. The molecule has 0 radical (unpaired) electrons. The molecule has 1 saturated heterocycles. The highest BCUT2D eigenvalue weighted by atomic mass is 16.5. The van der Waals surface area contributed by atoms with Gasteiger partial charge in [-0.25, -0.2) is 0 Å². The number of likely N-dealkylation sites (N-methyl/N-ethyl adjacent to an activating group) is 1. The van der Waals surface area contributed by atoms with Crippen molar-refractivity contribution in [3.63, 3.8) is 0 Å².